The number of aliphatic hydroxyl groups excluding tert-OH is 1. The molecule has 186 valence electrons. The van der Waals surface area contributed by atoms with E-state index in [1.165, 1.54) is 4.90 Å². The second-order valence-electron chi connectivity index (χ2n) is 10.3. The second kappa shape index (κ2) is 8.60. The number of aliphatic hydroxyl groups is 1. The van der Waals surface area contributed by atoms with Gasteiger partial charge < -0.3 is 24.5 Å². The van der Waals surface area contributed by atoms with Crippen LogP contribution in [0, 0.1) is 11.8 Å². The van der Waals surface area contributed by atoms with Gasteiger partial charge in [-0.25, -0.2) is 0 Å². The molecule has 4 aliphatic heterocycles. The maximum absolute atomic E-state index is 14.1. The molecule has 5 rings (SSSR count). The van der Waals surface area contributed by atoms with Crippen molar-refractivity contribution in [2.24, 2.45) is 11.8 Å². The fourth-order valence-electron chi connectivity index (χ4n) is 6.35. The first-order valence-corrected chi connectivity index (χ1v) is 12.3. The third-order valence-electron chi connectivity index (χ3n) is 7.85. The zero-order chi connectivity index (χ0) is 25.0. The summed E-state index contributed by atoms with van der Waals surface area (Å²) < 4.78 is 6.73. The number of nitrogens with zero attached hydrogens (tertiary/aromatic N) is 3. The minimum Gasteiger partial charge on any atom is -0.395 e. The van der Waals surface area contributed by atoms with Crippen LogP contribution >= 0.6 is 0 Å². The van der Waals surface area contributed by atoms with Gasteiger partial charge in [-0.2, -0.15) is 0 Å². The van der Waals surface area contributed by atoms with E-state index in [2.05, 4.69) is 0 Å². The molecule has 0 aliphatic carbocycles. The number of ether oxygens (including phenoxy) is 1. The van der Waals surface area contributed by atoms with E-state index in [4.69, 9.17) is 4.74 Å². The van der Waals surface area contributed by atoms with Gasteiger partial charge >= 0.3 is 0 Å². The quantitative estimate of drug-likeness (QED) is 0.644. The van der Waals surface area contributed by atoms with Crippen molar-refractivity contribution in [1.82, 2.24) is 14.7 Å². The van der Waals surface area contributed by atoms with E-state index in [0.717, 1.165) is 5.56 Å². The Morgan fingerprint density at radius 2 is 1.71 bits per heavy atom. The number of fused-ring (bicyclic) bond motifs is 2. The molecule has 1 aromatic carbocycles. The number of likely N-dealkylation sites (tertiary alicyclic amines) is 1. The summed E-state index contributed by atoms with van der Waals surface area (Å²) in [7, 11) is 0. The van der Waals surface area contributed by atoms with E-state index in [-0.39, 0.29) is 36.9 Å². The van der Waals surface area contributed by atoms with Crippen molar-refractivity contribution in [1.29, 1.82) is 0 Å². The fourth-order valence-corrected chi connectivity index (χ4v) is 6.35. The van der Waals surface area contributed by atoms with Gasteiger partial charge in [-0.3, -0.25) is 14.4 Å². The van der Waals surface area contributed by atoms with E-state index in [1.54, 1.807) is 9.80 Å². The lowest BCUT2D eigenvalue weighted by Gasteiger charge is -2.38. The molecule has 8 heteroatoms. The van der Waals surface area contributed by atoms with Gasteiger partial charge in [-0.05, 0) is 26.3 Å². The number of carbonyl (C=O) groups excluding carboxylic acids is 3. The van der Waals surface area contributed by atoms with Crippen LogP contribution in [-0.2, 0) is 25.7 Å². The van der Waals surface area contributed by atoms with E-state index in [1.807, 2.05) is 75.4 Å². The molecule has 1 unspecified atom stereocenters. The highest BCUT2D eigenvalue weighted by Gasteiger charge is 2.74. The Labute approximate surface area is 205 Å². The summed E-state index contributed by atoms with van der Waals surface area (Å²) >= 11 is 0. The van der Waals surface area contributed by atoms with E-state index in [9.17, 15) is 19.5 Å². The van der Waals surface area contributed by atoms with Gasteiger partial charge in [0.15, 0.2) is 0 Å². The average Bonchev–Trinajstić information content (AvgIpc) is 3.08. The van der Waals surface area contributed by atoms with Crippen LogP contribution in [0.3, 0.4) is 0 Å². The lowest BCUT2D eigenvalue weighted by Crippen LogP contribution is -2.57. The van der Waals surface area contributed by atoms with Gasteiger partial charge in [-0.1, -0.05) is 54.6 Å². The van der Waals surface area contributed by atoms with Crippen LogP contribution in [0.2, 0.25) is 0 Å². The Balaban J connectivity index is 1.59. The highest BCUT2D eigenvalue weighted by Crippen LogP contribution is 2.57. The Bertz CT molecular complexity index is 1090. The zero-order valence-corrected chi connectivity index (χ0v) is 20.5. The van der Waals surface area contributed by atoms with Crippen LogP contribution in [0.15, 0.2) is 54.6 Å². The maximum Gasteiger partial charge on any atom is 0.249 e. The van der Waals surface area contributed by atoms with Crippen molar-refractivity contribution in [3.63, 3.8) is 0 Å². The first-order valence-electron chi connectivity index (χ1n) is 12.3. The van der Waals surface area contributed by atoms with Crippen LogP contribution in [-0.4, -0.2) is 87.1 Å². The lowest BCUT2D eigenvalue weighted by atomic mass is 9.74. The molecule has 0 bridgehead atoms. The Morgan fingerprint density at radius 1 is 1.00 bits per heavy atom. The van der Waals surface area contributed by atoms with Crippen LogP contribution in [0.5, 0.6) is 0 Å². The fraction of sp³-hybridized carbons (Fsp3) is 0.519. The molecule has 8 nitrogen and oxygen atoms in total. The van der Waals surface area contributed by atoms with Gasteiger partial charge in [0.25, 0.3) is 0 Å². The van der Waals surface area contributed by atoms with Gasteiger partial charge in [0, 0.05) is 32.2 Å². The maximum atomic E-state index is 14.1. The van der Waals surface area contributed by atoms with Gasteiger partial charge in [0.05, 0.1) is 24.0 Å². The molecule has 0 radical (unpaired) electrons. The molecule has 5 atom stereocenters. The van der Waals surface area contributed by atoms with E-state index < -0.39 is 29.1 Å². The van der Waals surface area contributed by atoms with Gasteiger partial charge in [0.2, 0.25) is 17.7 Å². The topological polar surface area (TPSA) is 90.4 Å². The Morgan fingerprint density at radius 3 is 2.40 bits per heavy atom. The SMILES string of the molecule is CC(C)N1CC=C[C@]23O[C@]4(C)C=CCN(Cc5ccccc5)C(=O)[C@@H]4[C@H]2C(=O)N(CCO)C3C1=O. The van der Waals surface area contributed by atoms with Crippen molar-refractivity contribution in [2.45, 2.75) is 50.6 Å². The molecule has 2 saturated heterocycles. The summed E-state index contributed by atoms with van der Waals surface area (Å²) in [6, 6.07) is 8.75. The minimum atomic E-state index is -1.28. The smallest absolute Gasteiger partial charge is 0.249 e. The summed E-state index contributed by atoms with van der Waals surface area (Å²) in [6.45, 7) is 6.68. The summed E-state index contributed by atoms with van der Waals surface area (Å²) in [4.78, 5) is 46.7. The van der Waals surface area contributed by atoms with Crippen molar-refractivity contribution in [3.8, 4) is 0 Å². The third-order valence-corrected chi connectivity index (χ3v) is 7.85. The number of amides is 3. The summed E-state index contributed by atoms with van der Waals surface area (Å²) in [6.07, 6.45) is 7.52. The number of hydrogen-bond acceptors (Lipinski definition) is 5. The molecule has 4 aliphatic rings. The number of β-amino-alcohol motifs (C(OH)–C–C–N with tert-alkyl or cyclic N) is 1. The van der Waals surface area contributed by atoms with E-state index >= 15 is 0 Å². The molecular weight excluding hydrogens is 446 g/mol. The van der Waals surface area contributed by atoms with Gasteiger partial charge in [0.1, 0.15) is 11.6 Å². The van der Waals surface area contributed by atoms with E-state index in [0.29, 0.717) is 19.6 Å². The molecule has 3 amide bonds. The first kappa shape index (κ1) is 23.8. The summed E-state index contributed by atoms with van der Waals surface area (Å²) in [5.74, 6) is -2.33. The molecule has 2 fully saturated rings. The predicted molar refractivity (Wildman–Crippen MR) is 129 cm³/mol. The predicted octanol–water partition coefficient (Wildman–Crippen LogP) is 1.36. The van der Waals surface area contributed by atoms with Gasteiger partial charge in [-0.15, -0.1) is 0 Å². The van der Waals surface area contributed by atoms with Crippen LogP contribution < -0.4 is 0 Å². The van der Waals surface area contributed by atoms with Crippen LogP contribution in [0.25, 0.3) is 0 Å². The minimum absolute atomic E-state index is 0.0117. The molecule has 1 N–H and O–H groups in total. The number of benzene rings is 1. The van der Waals surface area contributed by atoms with Crippen molar-refractivity contribution in [2.75, 3.05) is 26.2 Å². The lowest BCUT2D eigenvalue weighted by molar-refractivity contribution is -0.154. The number of hydrogen-bond donors (Lipinski definition) is 1. The van der Waals surface area contributed by atoms with Crippen molar-refractivity contribution in [3.05, 3.63) is 60.2 Å². The molecule has 1 spiro atoms. The number of carbonyl (C=O) groups is 3. The highest BCUT2D eigenvalue weighted by atomic mass is 16.5. The standard InChI is InChI=1S/C27H33N3O5/c1-18(2)29-14-8-12-27-21(24(33)30(15-16-31)22(27)25(29)34)20-23(32)28(13-7-11-26(20,3)35-27)17-19-9-5-4-6-10-19/h4-12,18,20-22,31H,13-17H2,1-3H3/t20-,21-,22?,26+,27-/m0/s1. The van der Waals surface area contributed by atoms with Crippen LogP contribution in [0.1, 0.15) is 26.3 Å². The van der Waals surface area contributed by atoms with Crippen LogP contribution in [0.4, 0.5) is 0 Å². The molecule has 35 heavy (non-hydrogen) atoms. The average molecular weight is 480 g/mol. The summed E-state index contributed by atoms with van der Waals surface area (Å²) in [5, 5.41) is 9.75. The first-order chi connectivity index (χ1) is 16.7. The molecule has 1 aromatic rings. The van der Waals surface area contributed by atoms with Crippen molar-refractivity contribution >= 4 is 17.7 Å². The Hall–Kier alpha value is -2.97. The normalized spacial score (nSPS) is 34.3. The zero-order valence-electron chi connectivity index (χ0n) is 20.5. The largest absolute Gasteiger partial charge is 0.395 e. The second-order valence-corrected chi connectivity index (χ2v) is 10.3. The molecule has 0 saturated carbocycles. The third kappa shape index (κ3) is 3.53. The molecule has 4 heterocycles. The molecule has 0 aromatic heterocycles. The number of rotatable bonds is 5. The highest BCUT2D eigenvalue weighted by molar-refractivity contribution is 6.00. The Kier molecular flexibility index (Phi) is 5.84. The summed E-state index contributed by atoms with van der Waals surface area (Å²) in [5.41, 5.74) is -1.31. The molecular formula is C27H33N3O5. The monoisotopic (exact) mass is 479 g/mol. The van der Waals surface area contributed by atoms with Crippen molar-refractivity contribution < 1.29 is 24.2 Å².